The number of aromatic nitrogens is 2. The summed E-state index contributed by atoms with van der Waals surface area (Å²) in [4.78, 5) is 33.8. The van der Waals surface area contributed by atoms with Crippen LogP contribution in [0, 0.1) is 0 Å². The number of likely N-dealkylation sites (N-methyl/N-ethyl adjacent to an activating group) is 1. The lowest BCUT2D eigenvalue weighted by molar-refractivity contribution is -0.126. The molecule has 4 aromatic rings. The van der Waals surface area contributed by atoms with Gasteiger partial charge in [0.15, 0.2) is 0 Å². The van der Waals surface area contributed by atoms with Crippen LogP contribution < -0.4 is 10.3 Å². The molecule has 0 fully saturated rings. The highest BCUT2D eigenvalue weighted by atomic mass is 32.2. The van der Waals surface area contributed by atoms with E-state index >= 15 is 0 Å². The van der Waals surface area contributed by atoms with Gasteiger partial charge in [0.05, 0.1) is 35.2 Å². The van der Waals surface area contributed by atoms with Crippen LogP contribution in [0.1, 0.15) is 24.1 Å². The molecule has 0 saturated carbocycles. The number of nitrogens with zero attached hydrogens (tertiary/aromatic N) is 2. The molecule has 35 heavy (non-hydrogen) atoms. The Morgan fingerprint density at radius 2 is 1.89 bits per heavy atom. The lowest BCUT2D eigenvalue weighted by Crippen LogP contribution is -2.30. The number of benzene rings is 2. The Kier molecular flexibility index (Phi) is 7.23. The standard InChI is InChI=1S/C25H24N4O5S/c1-2-29(17-23-27-22-8-4-3-7-21(22)25(31)28-23)24(30)14-11-18-9-12-20(13-10-18)35(32,33)26-16-19-6-5-15-34-19/h3-15,26H,2,16-17H2,1H3,(H,27,28,31)/b14-11+. The number of aromatic amines is 1. The van der Waals surface area contributed by atoms with Gasteiger partial charge >= 0.3 is 0 Å². The van der Waals surface area contributed by atoms with Gasteiger partial charge in [-0.25, -0.2) is 18.1 Å². The molecule has 2 N–H and O–H groups in total. The van der Waals surface area contributed by atoms with E-state index in [1.54, 1.807) is 59.5 Å². The molecule has 0 bridgehead atoms. The predicted octanol–water partition coefficient (Wildman–Crippen LogP) is 3.06. The summed E-state index contributed by atoms with van der Waals surface area (Å²) in [5, 5.41) is 0.493. The van der Waals surface area contributed by atoms with E-state index in [2.05, 4.69) is 14.7 Å². The zero-order valence-corrected chi connectivity index (χ0v) is 19.8. The Bertz CT molecular complexity index is 1510. The number of H-pyrrole nitrogens is 1. The van der Waals surface area contributed by atoms with Crippen LogP contribution in [0.4, 0.5) is 0 Å². The number of rotatable bonds is 9. The van der Waals surface area contributed by atoms with Crippen molar-refractivity contribution in [1.82, 2.24) is 19.6 Å². The fraction of sp³-hybridized carbons (Fsp3) is 0.160. The summed E-state index contributed by atoms with van der Waals surface area (Å²) in [5.74, 6) is 0.643. The maximum absolute atomic E-state index is 12.7. The highest BCUT2D eigenvalue weighted by Gasteiger charge is 2.15. The molecule has 1 amide bonds. The second-order valence-electron chi connectivity index (χ2n) is 7.69. The summed E-state index contributed by atoms with van der Waals surface area (Å²) in [7, 11) is -3.70. The number of amides is 1. The average molecular weight is 493 g/mol. The van der Waals surface area contributed by atoms with E-state index in [1.165, 1.54) is 24.5 Å². The monoisotopic (exact) mass is 492 g/mol. The molecule has 2 heterocycles. The van der Waals surface area contributed by atoms with E-state index in [0.717, 1.165) is 0 Å². The molecule has 10 heteroatoms. The van der Waals surface area contributed by atoms with Crippen LogP contribution >= 0.6 is 0 Å². The van der Waals surface area contributed by atoms with Crippen molar-refractivity contribution in [3.8, 4) is 0 Å². The van der Waals surface area contributed by atoms with Crippen LogP contribution in [-0.4, -0.2) is 35.7 Å². The van der Waals surface area contributed by atoms with Gasteiger partial charge in [0, 0.05) is 12.6 Å². The Hall–Kier alpha value is -4.02. The van der Waals surface area contributed by atoms with Gasteiger partial charge in [-0.15, -0.1) is 0 Å². The fourth-order valence-electron chi connectivity index (χ4n) is 3.43. The zero-order chi connectivity index (χ0) is 24.8. The molecule has 0 aliphatic heterocycles. The normalized spacial score (nSPS) is 11.8. The van der Waals surface area contributed by atoms with Crippen molar-refractivity contribution in [2.45, 2.75) is 24.9 Å². The first-order valence-corrected chi connectivity index (χ1v) is 12.4. The number of furan rings is 1. The maximum Gasteiger partial charge on any atom is 0.258 e. The number of carbonyl (C=O) groups is 1. The first-order chi connectivity index (χ1) is 16.9. The fourth-order valence-corrected chi connectivity index (χ4v) is 4.42. The van der Waals surface area contributed by atoms with Crippen LogP contribution in [0.3, 0.4) is 0 Å². The van der Waals surface area contributed by atoms with E-state index in [1.807, 2.05) is 6.92 Å². The van der Waals surface area contributed by atoms with Gasteiger partial charge in [0.1, 0.15) is 11.6 Å². The zero-order valence-electron chi connectivity index (χ0n) is 19.0. The van der Waals surface area contributed by atoms with Crippen molar-refractivity contribution in [3.63, 3.8) is 0 Å². The molecule has 0 saturated heterocycles. The number of hydrogen-bond acceptors (Lipinski definition) is 6. The molecule has 180 valence electrons. The second-order valence-corrected chi connectivity index (χ2v) is 9.46. The lowest BCUT2D eigenvalue weighted by Gasteiger charge is -2.18. The second kappa shape index (κ2) is 10.5. The molecule has 2 aromatic carbocycles. The Labute approximate surface area is 202 Å². The SMILES string of the molecule is CCN(Cc1nc2ccccc2c(=O)[nH]1)C(=O)/C=C/c1ccc(S(=O)(=O)NCc2ccco2)cc1. The summed E-state index contributed by atoms with van der Waals surface area (Å²) < 4.78 is 32.5. The van der Waals surface area contributed by atoms with Gasteiger partial charge in [0.2, 0.25) is 15.9 Å². The Morgan fingerprint density at radius 1 is 1.11 bits per heavy atom. The van der Waals surface area contributed by atoms with Gasteiger partial charge in [-0.2, -0.15) is 0 Å². The van der Waals surface area contributed by atoms with Crippen molar-refractivity contribution in [2.75, 3.05) is 6.54 Å². The van der Waals surface area contributed by atoms with Crippen LogP contribution in [0.25, 0.3) is 17.0 Å². The van der Waals surface area contributed by atoms with Crippen LogP contribution in [-0.2, 0) is 27.9 Å². The quantitative estimate of drug-likeness (QED) is 0.346. The molecule has 0 spiro atoms. The first kappa shape index (κ1) is 24.1. The van der Waals surface area contributed by atoms with Crippen molar-refractivity contribution in [3.05, 3.63) is 101 Å². The van der Waals surface area contributed by atoms with Crippen LogP contribution in [0.15, 0.2) is 87.1 Å². The molecule has 0 unspecified atom stereocenters. The lowest BCUT2D eigenvalue weighted by atomic mass is 10.2. The van der Waals surface area contributed by atoms with Crippen molar-refractivity contribution in [1.29, 1.82) is 0 Å². The Balaban J connectivity index is 1.41. The number of para-hydroxylation sites is 1. The molecular formula is C25H24N4O5S. The summed E-state index contributed by atoms with van der Waals surface area (Å²) >= 11 is 0. The number of fused-ring (bicyclic) bond motifs is 1. The van der Waals surface area contributed by atoms with Gasteiger partial charge in [0.25, 0.3) is 5.56 Å². The average Bonchev–Trinajstić information content (AvgIpc) is 3.39. The molecule has 4 rings (SSSR count). The van der Waals surface area contributed by atoms with Crippen molar-refractivity contribution < 1.29 is 17.6 Å². The van der Waals surface area contributed by atoms with Crippen LogP contribution in [0.2, 0.25) is 0 Å². The van der Waals surface area contributed by atoms with Crippen LogP contribution in [0.5, 0.6) is 0 Å². The molecule has 2 aromatic heterocycles. The molecular weight excluding hydrogens is 468 g/mol. The number of sulfonamides is 1. The van der Waals surface area contributed by atoms with E-state index in [4.69, 9.17) is 4.42 Å². The molecule has 0 aliphatic carbocycles. The van der Waals surface area contributed by atoms with Crippen molar-refractivity contribution >= 4 is 32.9 Å². The Morgan fingerprint density at radius 3 is 2.60 bits per heavy atom. The number of hydrogen-bond donors (Lipinski definition) is 2. The molecule has 9 nitrogen and oxygen atoms in total. The summed E-state index contributed by atoms with van der Waals surface area (Å²) in [6.07, 6.45) is 4.49. The van der Waals surface area contributed by atoms with Gasteiger partial charge in [-0.3, -0.25) is 9.59 Å². The minimum absolute atomic E-state index is 0.0513. The minimum atomic E-state index is -3.70. The summed E-state index contributed by atoms with van der Waals surface area (Å²) in [6.45, 7) is 2.45. The maximum atomic E-state index is 12.7. The van der Waals surface area contributed by atoms with E-state index in [0.29, 0.717) is 34.6 Å². The minimum Gasteiger partial charge on any atom is -0.468 e. The third-order valence-electron chi connectivity index (χ3n) is 5.32. The predicted molar refractivity (Wildman–Crippen MR) is 132 cm³/mol. The number of nitrogens with one attached hydrogen (secondary N) is 2. The third kappa shape index (κ3) is 5.92. The highest BCUT2D eigenvalue weighted by Crippen LogP contribution is 2.13. The van der Waals surface area contributed by atoms with Gasteiger partial charge in [-0.05, 0) is 55.0 Å². The van der Waals surface area contributed by atoms with E-state index in [-0.39, 0.29) is 29.5 Å². The first-order valence-electron chi connectivity index (χ1n) is 10.9. The molecule has 0 aliphatic rings. The smallest absolute Gasteiger partial charge is 0.258 e. The van der Waals surface area contributed by atoms with Gasteiger partial charge in [-0.1, -0.05) is 24.3 Å². The molecule has 0 atom stereocenters. The number of carbonyl (C=O) groups excluding carboxylic acids is 1. The van der Waals surface area contributed by atoms with Gasteiger partial charge < -0.3 is 14.3 Å². The largest absolute Gasteiger partial charge is 0.468 e. The summed E-state index contributed by atoms with van der Waals surface area (Å²) in [5.41, 5.74) is 0.981. The topological polar surface area (TPSA) is 125 Å². The van der Waals surface area contributed by atoms with E-state index < -0.39 is 10.0 Å². The van der Waals surface area contributed by atoms with E-state index in [9.17, 15) is 18.0 Å². The molecule has 0 radical (unpaired) electrons. The third-order valence-corrected chi connectivity index (χ3v) is 6.74. The van der Waals surface area contributed by atoms with Crippen molar-refractivity contribution in [2.24, 2.45) is 0 Å². The summed E-state index contributed by atoms with van der Waals surface area (Å²) in [6, 6.07) is 16.6. The highest BCUT2D eigenvalue weighted by molar-refractivity contribution is 7.89.